The fraction of sp³-hybridized carbons (Fsp3) is 0.556. The summed E-state index contributed by atoms with van der Waals surface area (Å²) in [7, 11) is 0. The van der Waals surface area contributed by atoms with Crippen LogP contribution in [0.3, 0.4) is 0 Å². The molecule has 7 nitrogen and oxygen atoms in total. The van der Waals surface area contributed by atoms with Crippen molar-refractivity contribution in [1.82, 2.24) is 15.2 Å². The van der Waals surface area contributed by atoms with Crippen LogP contribution in [-0.4, -0.2) is 34.4 Å². The van der Waals surface area contributed by atoms with E-state index in [1.54, 1.807) is 6.92 Å². The molecule has 3 heterocycles. The van der Waals surface area contributed by atoms with Gasteiger partial charge in [-0.25, -0.2) is 4.98 Å². The molecule has 2 aromatic rings. The lowest BCUT2D eigenvalue weighted by molar-refractivity contribution is -0.0314. The van der Waals surface area contributed by atoms with E-state index >= 15 is 0 Å². The SMILES string of the molecule is Cc1nnc([C@H]2CN(c3nc4c(cc3C#N)CCCC4)C[C@@H](C)O2)o1. The highest BCUT2D eigenvalue weighted by Gasteiger charge is 2.32. The molecule has 0 radical (unpaired) electrons. The molecule has 0 amide bonds. The molecule has 2 atom stereocenters. The van der Waals surface area contributed by atoms with Crippen LogP contribution in [0, 0.1) is 18.3 Å². The Morgan fingerprint density at radius 1 is 1.24 bits per heavy atom. The molecular formula is C18H21N5O2. The summed E-state index contributed by atoms with van der Waals surface area (Å²) in [5, 5.41) is 17.6. The van der Waals surface area contributed by atoms with Crippen LogP contribution in [0.25, 0.3) is 0 Å². The molecule has 2 aromatic heterocycles. The highest BCUT2D eigenvalue weighted by atomic mass is 16.5. The highest BCUT2D eigenvalue weighted by molar-refractivity contribution is 5.57. The quantitative estimate of drug-likeness (QED) is 0.830. The van der Waals surface area contributed by atoms with Crippen molar-refractivity contribution in [3.8, 4) is 6.07 Å². The minimum absolute atomic E-state index is 0.0182. The van der Waals surface area contributed by atoms with E-state index in [2.05, 4.69) is 21.2 Å². The summed E-state index contributed by atoms with van der Waals surface area (Å²) in [4.78, 5) is 6.97. The molecule has 1 fully saturated rings. The Morgan fingerprint density at radius 3 is 2.84 bits per heavy atom. The molecular weight excluding hydrogens is 318 g/mol. The fourth-order valence-electron chi connectivity index (χ4n) is 3.65. The van der Waals surface area contributed by atoms with Gasteiger partial charge >= 0.3 is 0 Å². The van der Waals surface area contributed by atoms with Gasteiger partial charge in [0.2, 0.25) is 11.8 Å². The molecule has 0 bridgehead atoms. The van der Waals surface area contributed by atoms with E-state index < -0.39 is 0 Å². The molecule has 0 unspecified atom stereocenters. The van der Waals surface area contributed by atoms with Gasteiger partial charge in [-0.1, -0.05) is 0 Å². The van der Waals surface area contributed by atoms with Gasteiger partial charge in [0, 0.05) is 19.2 Å². The smallest absolute Gasteiger partial charge is 0.247 e. The van der Waals surface area contributed by atoms with E-state index in [1.807, 2.05) is 13.0 Å². The van der Waals surface area contributed by atoms with E-state index in [-0.39, 0.29) is 12.2 Å². The van der Waals surface area contributed by atoms with E-state index in [0.29, 0.717) is 30.4 Å². The summed E-state index contributed by atoms with van der Waals surface area (Å²) >= 11 is 0. The van der Waals surface area contributed by atoms with Gasteiger partial charge in [-0.05, 0) is 44.2 Å². The summed E-state index contributed by atoms with van der Waals surface area (Å²) in [5.74, 6) is 1.75. The number of nitrogens with zero attached hydrogens (tertiary/aromatic N) is 5. The number of ether oxygens (including phenoxy) is 1. The maximum absolute atomic E-state index is 9.61. The Morgan fingerprint density at radius 2 is 2.08 bits per heavy atom. The second-order valence-corrected chi connectivity index (χ2v) is 6.78. The molecule has 1 aliphatic heterocycles. The van der Waals surface area contributed by atoms with Gasteiger partial charge in [-0.15, -0.1) is 10.2 Å². The van der Waals surface area contributed by atoms with E-state index in [4.69, 9.17) is 14.1 Å². The third-order valence-corrected chi connectivity index (χ3v) is 4.78. The van der Waals surface area contributed by atoms with Crippen molar-refractivity contribution in [2.75, 3.05) is 18.0 Å². The molecule has 130 valence electrons. The van der Waals surface area contributed by atoms with Crippen LogP contribution < -0.4 is 4.90 Å². The predicted octanol–water partition coefficient (Wildman–Crippen LogP) is 2.49. The Bertz CT molecular complexity index is 825. The number of aromatic nitrogens is 3. The number of pyridine rings is 1. The molecule has 25 heavy (non-hydrogen) atoms. The number of aryl methyl sites for hydroxylation is 3. The average molecular weight is 339 g/mol. The molecule has 0 N–H and O–H groups in total. The summed E-state index contributed by atoms with van der Waals surface area (Å²) in [6.07, 6.45) is 4.01. The largest absolute Gasteiger partial charge is 0.423 e. The highest BCUT2D eigenvalue weighted by Crippen LogP contribution is 2.31. The minimum atomic E-state index is -0.311. The van der Waals surface area contributed by atoms with E-state index in [0.717, 1.165) is 30.8 Å². The van der Waals surface area contributed by atoms with Crippen molar-refractivity contribution >= 4 is 5.82 Å². The number of rotatable bonds is 2. The third-order valence-electron chi connectivity index (χ3n) is 4.78. The lowest BCUT2D eigenvalue weighted by Gasteiger charge is -2.36. The lowest BCUT2D eigenvalue weighted by Crippen LogP contribution is -2.44. The van der Waals surface area contributed by atoms with Gasteiger partial charge in [0.05, 0.1) is 18.2 Å². The van der Waals surface area contributed by atoms with E-state index in [1.165, 1.54) is 12.0 Å². The number of hydrogen-bond acceptors (Lipinski definition) is 7. The molecule has 1 saturated heterocycles. The molecule has 0 spiro atoms. The Labute approximate surface area is 146 Å². The zero-order chi connectivity index (χ0) is 17.4. The van der Waals surface area contributed by atoms with Gasteiger partial charge in [0.1, 0.15) is 11.9 Å². The first-order valence-electron chi connectivity index (χ1n) is 8.77. The first-order chi connectivity index (χ1) is 12.1. The summed E-state index contributed by atoms with van der Waals surface area (Å²) < 4.78 is 11.5. The van der Waals surface area contributed by atoms with Crippen LogP contribution in [-0.2, 0) is 17.6 Å². The topological polar surface area (TPSA) is 88.1 Å². The van der Waals surface area contributed by atoms with Crippen LogP contribution in [0.15, 0.2) is 10.5 Å². The van der Waals surface area contributed by atoms with Crippen LogP contribution >= 0.6 is 0 Å². The van der Waals surface area contributed by atoms with Crippen LogP contribution in [0.5, 0.6) is 0 Å². The molecule has 0 saturated carbocycles. The average Bonchev–Trinajstić information content (AvgIpc) is 3.06. The summed E-state index contributed by atoms with van der Waals surface area (Å²) in [6, 6.07) is 4.34. The Hall–Kier alpha value is -2.46. The van der Waals surface area contributed by atoms with Crippen LogP contribution in [0.4, 0.5) is 5.82 Å². The van der Waals surface area contributed by atoms with Crippen molar-refractivity contribution in [1.29, 1.82) is 5.26 Å². The standard InChI is InChI=1S/C18H21N5O2/c1-11-9-23(10-16(24-11)18-22-21-12(2)25-18)17-14(8-19)7-13-5-3-4-6-15(13)20-17/h7,11,16H,3-6,9-10H2,1-2H3/t11-,16-/m1/s1. The molecule has 7 heteroatoms. The van der Waals surface area contributed by atoms with Crippen molar-refractivity contribution < 1.29 is 9.15 Å². The van der Waals surface area contributed by atoms with Gasteiger partial charge in [0.25, 0.3) is 0 Å². The zero-order valence-electron chi connectivity index (χ0n) is 14.5. The van der Waals surface area contributed by atoms with Gasteiger partial charge < -0.3 is 14.1 Å². The number of morpholine rings is 1. The minimum Gasteiger partial charge on any atom is -0.423 e. The van der Waals surface area contributed by atoms with Crippen molar-refractivity contribution in [3.05, 3.63) is 34.7 Å². The fourth-order valence-corrected chi connectivity index (χ4v) is 3.65. The predicted molar refractivity (Wildman–Crippen MR) is 90.1 cm³/mol. The molecule has 4 rings (SSSR count). The number of anilines is 1. The third kappa shape index (κ3) is 3.10. The summed E-state index contributed by atoms with van der Waals surface area (Å²) in [5.41, 5.74) is 2.98. The maximum atomic E-state index is 9.61. The number of fused-ring (bicyclic) bond motifs is 1. The Balaban J connectivity index is 1.67. The second kappa shape index (κ2) is 6.45. The normalized spacial score (nSPS) is 23.2. The lowest BCUT2D eigenvalue weighted by atomic mass is 9.94. The number of hydrogen-bond donors (Lipinski definition) is 0. The molecule has 0 aromatic carbocycles. The molecule has 1 aliphatic carbocycles. The van der Waals surface area contributed by atoms with Gasteiger partial charge in [-0.2, -0.15) is 5.26 Å². The van der Waals surface area contributed by atoms with Crippen molar-refractivity contribution in [2.24, 2.45) is 0 Å². The number of nitriles is 1. The van der Waals surface area contributed by atoms with Crippen molar-refractivity contribution in [3.63, 3.8) is 0 Å². The van der Waals surface area contributed by atoms with Crippen LogP contribution in [0.1, 0.15) is 54.5 Å². The van der Waals surface area contributed by atoms with E-state index in [9.17, 15) is 5.26 Å². The maximum Gasteiger partial charge on any atom is 0.247 e. The second-order valence-electron chi connectivity index (χ2n) is 6.78. The first-order valence-corrected chi connectivity index (χ1v) is 8.77. The van der Waals surface area contributed by atoms with Gasteiger partial charge in [-0.3, -0.25) is 0 Å². The van der Waals surface area contributed by atoms with Gasteiger partial charge in [0.15, 0.2) is 6.10 Å². The van der Waals surface area contributed by atoms with Crippen molar-refractivity contribution in [2.45, 2.75) is 51.7 Å². The Kier molecular flexibility index (Phi) is 4.14. The zero-order valence-corrected chi connectivity index (χ0v) is 14.5. The summed E-state index contributed by atoms with van der Waals surface area (Å²) in [6.45, 7) is 5.00. The monoisotopic (exact) mass is 339 g/mol. The first kappa shape index (κ1) is 16.0. The molecule has 2 aliphatic rings. The van der Waals surface area contributed by atoms with Crippen LogP contribution in [0.2, 0.25) is 0 Å².